The Labute approximate surface area is 129 Å². The molecule has 0 heterocycles. The van der Waals surface area contributed by atoms with Gasteiger partial charge in [-0.3, -0.25) is 10.1 Å². The maximum atomic E-state index is 11.4. The van der Waals surface area contributed by atoms with Crippen molar-refractivity contribution in [3.05, 3.63) is 77.9 Å². The zero-order valence-corrected chi connectivity index (χ0v) is 12.1. The summed E-state index contributed by atoms with van der Waals surface area (Å²) in [7, 11) is 0. The number of aliphatic carboxylic acids is 1. The van der Waals surface area contributed by atoms with Crippen LogP contribution in [0.15, 0.2) is 66.7 Å². The number of hydrogen-bond donors (Lipinski definition) is 3. The topological polar surface area (TPSA) is 69.6 Å². The predicted molar refractivity (Wildman–Crippen MR) is 86.3 cm³/mol. The molecule has 2 rings (SSSR count). The number of hydrogen-bond acceptors (Lipinski definition) is 3. The summed E-state index contributed by atoms with van der Waals surface area (Å²) in [4.78, 5) is 11.4. The van der Waals surface area contributed by atoms with Crippen LogP contribution in [-0.2, 0) is 4.79 Å². The maximum Gasteiger partial charge on any atom is 0.324 e. The average molecular weight is 297 g/mol. The SMILES string of the molecule is O=C(O)C(C=Cc1ccccc1)NC(CO)c1ccccc1. The van der Waals surface area contributed by atoms with Crippen LogP contribution in [0.1, 0.15) is 17.2 Å². The summed E-state index contributed by atoms with van der Waals surface area (Å²) in [5.74, 6) is -0.985. The third kappa shape index (κ3) is 4.55. The van der Waals surface area contributed by atoms with Gasteiger partial charge in [-0.25, -0.2) is 0 Å². The van der Waals surface area contributed by atoms with Gasteiger partial charge in [0.2, 0.25) is 0 Å². The van der Waals surface area contributed by atoms with E-state index in [1.54, 1.807) is 12.2 Å². The van der Waals surface area contributed by atoms with E-state index < -0.39 is 18.1 Å². The molecule has 0 fully saturated rings. The lowest BCUT2D eigenvalue weighted by atomic mass is 10.1. The summed E-state index contributed by atoms with van der Waals surface area (Å²) < 4.78 is 0. The summed E-state index contributed by atoms with van der Waals surface area (Å²) in [6, 6.07) is 17.5. The van der Waals surface area contributed by atoms with Crippen LogP contribution in [0.5, 0.6) is 0 Å². The molecule has 0 aliphatic heterocycles. The molecule has 2 unspecified atom stereocenters. The van der Waals surface area contributed by atoms with Crippen molar-refractivity contribution < 1.29 is 15.0 Å². The molecule has 2 aromatic rings. The van der Waals surface area contributed by atoms with Crippen molar-refractivity contribution in [3.8, 4) is 0 Å². The summed E-state index contributed by atoms with van der Waals surface area (Å²) in [6.45, 7) is -0.174. The number of carbonyl (C=O) groups is 1. The normalized spacial score (nSPS) is 13.9. The highest BCUT2D eigenvalue weighted by Gasteiger charge is 2.19. The number of benzene rings is 2. The fraction of sp³-hybridized carbons (Fsp3) is 0.167. The second-order valence-electron chi connectivity index (χ2n) is 4.90. The summed E-state index contributed by atoms with van der Waals surface area (Å²) in [5.41, 5.74) is 1.78. The molecule has 0 radical (unpaired) electrons. The van der Waals surface area contributed by atoms with E-state index in [0.717, 1.165) is 11.1 Å². The van der Waals surface area contributed by atoms with E-state index in [1.807, 2.05) is 60.7 Å². The summed E-state index contributed by atoms with van der Waals surface area (Å²) in [5, 5.41) is 21.8. The monoisotopic (exact) mass is 297 g/mol. The van der Waals surface area contributed by atoms with E-state index in [0.29, 0.717) is 0 Å². The molecular formula is C18H19NO3. The van der Waals surface area contributed by atoms with Crippen molar-refractivity contribution in [2.24, 2.45) is 0 Å². The molecule has 4 nitrogen and oxygen atoms in total. The average Bonchev–Trinajstić information content (AvgIpc) is 2.56. The lowest BCUT2D eigenvalue weighted by Gasteiger charge is -2.20. The van der Waals surface area contributed by atoms with Gasteiger partial charge in [-0.2, -0.15) is 0 Å². The highest BCUT2D eigenvalue weighted by molar-refractivity contribution is 5.77. The van der Waals surface area contributed by atoms with Crippen LogP contribution in [-0.4, -0.2) is 28.8 Å². The quantitative estimate of drug-likeness (QED) is 0.734. The molecule has 0 aromatic heterocycles. The third-order valence-corrected chi connectivity index (χ3v) is 3.31. The molecule has 114 valence electrons. The lowest BCUT2D eigenvalue weighted by Crippen LogP contribution is -2.39. The van der Waals surface area contributed by atoms with Gasteiger partial charge in [-0.1, -0.05) is 72.8 Å². The first-order chi connectivity index (χ1) is 10.7. The number of aliphatic hydroxyl groups is 1. The van der Waals surface area contributed by atoms with E-state index in [4.69, 9.17) is 0 Å². The van der Waals surface area contributed by atoms with Gasteiger partial charge in [0, 0.05) is 0 Å². The predicted octanol–water partition coefficient (Wildman–Crippen LogP) is 2.48. The minimum Gasteiger partial charge on any atom is -0.480 e. The van der Waals surface area contributed by atoms with Gasteiger partial charge in [-0.05, 0) is 11.1 Å². The van der Waals surface area contributed by atoms with Crippen LogP contribution >= 0.6 is 0 Å². The molecule has 0 aliphatic rings. The molecule has 0 bridgehead atoms. The first kappa shape index (κ1) is 15.9. The first-order valence-electron chi connectivity index (χ1n) is 7.08. The van der Waals surface area contributed by atoms with Gasteiger partial charge in [-0.15, -0.1) is 0 Å². The van der Waals surface area contributed by atoms with Crippen LogP contribution < -0.4 is 5.32 Å². The van der Waals surface area contributed by atoms with Crippen LogP contribution in [0, 0.1) is 0 Å². The van der Waals surface area contributed by atoms with Crippen LogP contribution in [0.3, 0.4) is 0 Å². The van der Waals surface area contributed by atoms with Gasteiger partial charge < -0.3 is 10.2 Å². The van der Waals surface area contributed by atoms with E-state index in [9.17, 15) is 15.0 Å². The highest BCUT2D eigenvalue weighted by Crippen LogP contribution is 2.13. The Morgan fingerprint density at radius 1 is 1.05 bits per heavy atom. The fourth-order valence-electron chi connectivity index (χ4n) is 2.14. The molecule has 22 heavy (non-hydrogen) atoms. The Morgan fingerprint density at radius 3 is 2.18 bits per heavy atom. The molecule has 0 saturated carbocycles. The van der Waals surface area contributed by atoms with E-state index in [1.165, 1.54) is 0 Å². The number of nitrogens with one attached hydrogen (secondary N) is 1. The minimum atomic E-state index is -0.985. The number of carboxylic acids is 1. The number of rotatable bonds is 7. The van der Waals surface area contributed by atoms with Crippen molar-refractivity contribution >= 4 is 12.0 Å². The van der Waals surface area contributed by atoms with Gasteiger partial charge in [0.15, 0.2) is 0 Å². The Morgan fingerprint density at radius 2 is 1.64 bits per heavy atom. The third-order valence-electron chi connectivity index (χ3n) is 3.31. The maximum absolute atomic E-state index is 11.4. The van der Waals surface area contributed by atoms with Crippen molar-refractivity contribution in [3.63, 3.8) is 0 Å². The second-order valence-corrected chi connectivity index (χ2v) is 4.90. The van der Waals surface area contributed by atoms with Crippen LogP contribution in [0.25, 0.3) is 6.08 Å². The summed E-state index contributed by atoms with van der Waals surface area (Å²) >= 11 is 0. The van der Waals surface area contributed by atoms with Crippen molar-refractivity contribution in [2.45, 2.75) is 12.1 Å². The minimum absolute atomic E-state index is 0.174. The van der Waals surface area contributed by atoms with Gasteiger partial charge in [0.1, 0.15) is 6.04 Å². The molecule has 3 N–H and O–H groups in total. The standard InChI is InChI=1S/C18H19NO3/c20-13-17(15-9-5-2-6-10-15)19-16(18(21)22)12-11-14-7-3-1-4-8-14/h1-12,16-17,19-20H,13H2,(H,21,22). The smallest absolute Gasteiger partial charge is 0.324 e. The molecule has 0 saturated heterocycles. The molecular weight excluding hydrogens is 278 g/mol. The Kier molecular flexibility index (Phi) is 5.89. The highest BCUT2D eigenvalue weighted by atomic mass is 16.4. The Hall–Kier alpha value is -2.43. The van der Waals surface area contributed by atoms with Crippen molar-refractivity contribution in [1.82, 2.24) is 5.32 Å². The summed E-state index contributed by atoms with van der Waals surface area (Å²) in [6.07, 6.45) is 3.34. The van der Waals surface area contributed by atoms with E-state index in [-0.39, 0.29) is 6.61 Å². The van der Waals surface area contributed by atoms with Crippen molar-refractivity contribution in [1.29, 1.82) is 0 Å². The molecule has 0 amide bonds. The van der Waals surface area contributed by atoms with Gasteiger partial charge >= 0.3 is 5.97 Å². The molecule has 0 spiro atoms. The zero-order valence-electron chi connectivity index (χ0n) is 12.1. The molecule has 4 heteroatoms. The van der Waals surface area contributed by atoms with Crippen molar-refractivity contribution in [2.75, 3.05) is 6.61 Å². The largest absolute Gasteiger partial charge is 0.480 e. The molecule has 2 aromatic carbocycles. The van der Waals surface area contributed by atoms with E-state index >= 15 is 0 Å². The second kappa shape index (κ2) is 8.12. The van der Waals surface area contributed by atoms with Crippen LogP contribution in [0.4, 0.5) is 0 Å². The first-order valence-corrected chi connectivity index (χ1v) is 7.08. The van der Waals surface area contributed by atoms with Gasteiger partial charge in [0.05, 0.1) is 12.6 Å². The van der Waals surface area contributed by atoms with Crippen LogP contribution in [0.2, 0.25) is 0 Å². The van der Waals surface area contributed by atoms with E-state index in [2.05, 4.69) is 5.32 Å². The fourth-order valence-corrected chi connectivity index (χ4v) is 2.14. The number of carboxylic acid groups (broad SMARTS) is 1. The Balaban J connectivity index is 2.11. The zero-order chi connectivity index (χ0) is 15.8. The van der Waals surface area contributed by atoms with Gasteiger partial charge in [0.25, 0.3) is 0 Å². The number of aliphatic hydroxyl groups excluding tert-OH is 1. The molecule has 2 atom stereocenters. The molecule has 0 aliphatic carbocycles. The Bertz CT molecular complexity index is 611. The lowest BCUT2D eigenvalue weighted by molar-refractivity contribution is -0.138.